The molecule has 1 N–H and O–H groups in total. The number of alkyl halides is 3. The van der Waals surface area contributed by atoms with Gasteiger partial charge in [0.15, 0.2) is 5.69 Å². The molecule has 0 heterocycles. The Morgan fingerprint density at radius 3 is 2.42 bits per heavy atom. The predicted octanol–water partition coefficient (Wildman–Crippen LogP) is 4.26. The Balaban J connectivity index is 2.55. The summed E-state index contributed by atoms with van der Waals surface area (Å²) in [6.45, 7) is 7.15. The number of halogens is 4. The van der Waals surface area contributed by atoms with Gasteiger partial charge >= 0.3 is 5.51 Å². The third-order valence-electron chi connectivity index (χ3n) is 3.47. The van der Waals surface area contributed by atoms with Crippen molar-refractivity contribution >= 4 is 15.5 Å². The van der Waals surface area contributed by atoms with E-state index in [4.69, 9.17) is 11.3 Å². The molecular formula is C16H11F4NO4S. The van der Waals surface area contributed by atoms with Crippen LogP contribution in [0.3, 0.4) is 0 Å². The first-order chi connectivity index (χ1) is 12.0. The minimum Gasteiger partial charge on any atom is -0.458 e. The first-order valence-corrected chi connectivity index (χ1v) is 8.40. The smallest absolute Gasteiger partial charge is 0.458 e. The van der Waals surface area contributed by atoms with Crippen LogP contribution in [0, 0.1) is 19.3 Å². The fraction of sp³-hybridized carbons (Fsp3) is 0.188. The van der Waals surface area contributed by atoms with E-state index in [1.807, 2.05) is 0 Å². The minimum atomic E-state index is -5.66. The van der Waals surface area contributed by atoms with Crippen molar-refractivity contribution in [3.63, 3.8) is 0 Å². The number of aliphatic hydroxyl groups is 1. The van der Waals surface area contributed by atoms with Crippen LogP contribution in [0.25, 0.3) is 4.85 Å². The quantitative estimate of drug-likeness (QED) is 0.627. The number of hydrogen-bond acceptors (Lipinski definition) is 4. The highest BCUT2D eigenvalue weighted by Crippen LogP contribution is 2.37. The summed E-state index contributed by atoms with van der Waals surface area (Å²) in [7, 11) is -5.66. The van der Waals surface area contributed by atoms with Crippen LogP contribution in [0.4, 0.5) is 23.2 Å². The van der Waals surface area contributed by atoms with Gasteiger partial charge in [0, 0.05) is 11.6 Å². The van der Waals surface area contributed by atoms with Gasteiger partial charge in [-0.25, -0.2) is 17.7 Å². The zero-order valence-corrected chi connectivity index (χ0v) is 13.9. The van der Waals surface area contributed by atoms with Gasteiger partial charge in [-0.3, -0.25) is 0 Å². The summed E-state index contributed by atoms with van der Waals surface area (Å²) in [4.78, 5) is 1.96. The van der Waals surface area contributed by atoms with Gasteiger partial charge in [-0.1, -0.05) is 0 Å². The zero-order chi connectivity index (χ0) is 19.7. The van der Waals surface area contributed by atoms with Gasteiger partial charge < -0.3 is 9.84 Å². The van der Waals surface area contributed by atoms with Gasteiger partial charge in [0.2, 0.25) is 0 Å². The molecule has 0 aliphatic rings. The maximum atomic E-state index is 13.4. The topological polar surface area (TPSA) is 68.0 Å². The van der Waals surface area contributed by atoms with Crippen LogP contribution in [0.15, 0.2) is 35.2 Å². The number of aliphatic hydroxyl groups excluding tert-OH is 1. The highest BCUT2D eigenvalue weighted by Gasteiger charge is 2.48. The van der Waals surface area contributed by atoms with Crippen molar-refractivity contribution in [3.8, 4) is 11.5 Å². The van der Waals surface area contributed by atoms with E-state index >= 15 is 0 Å². The van der Waals surface area contributed by atoms with Crippen molar-refractivity contribution in [2.24, 2.45) is 0 Å². The fourth-order valence-electron chi connectivity index (χ4n) is 2.19. The molecule has 0 spiro atoms. The second kappa shape index (κ2) is 6.93. The largest absolute Gasteiger partial charge is 0.501 e. The summed E-state index contributed by atoms with van der Waals surface area (Å²) in [5, 5.41) is 9.36. The zero-order valence-electron chi connectivity index (χ0n) is 13.1. The third kappa shape index (κ3) is 3.63. The van der Waals surface area contributed by atoms with Crippen LogP contribution in [-0.2, 0) is 16.4 Å². The van der Waals surface area contributed by atoms with Crippen molar-refractivity contribution in [1.82, 2.24) is 0 Å². The molecule has 0 bridgehead atoms. The molecule has 26 heavy (non-hydrogen) atoms. The average Bonchev–Trinajstić information content (AvgIpc) is 2.54. The van der Waals surface area contributed by atoms with E-state index in [1.165, 1.54) is 13.0 Å². The number of ether oxygens (including phenoxy) is 1. The average molecular weight is 389 g/mol. The molecule has 0 unspecified atom stereocenters. The lowest BCUT2D eigenvalue weighted by molar-refractivity contribution is -0.0436. The summed E-state index contributed by atoms with van der Waals surface area (Å²) in [5.74, 6) is -0.948. The van der Waals surface area contributed by atoms with Gasteiger partial charge in [0.25, 0.3) is 9.84 Å². The highest BCUT2D eigenvalue weighted by atomic mass is 32.2. The molecule has 0 atom stereocenters. The molecule has 2 rings (SSSR count). The van der Waals surface area contributed by atoms with Crippen LogP contribution in [0.2, 0.25) is 0 Å². The fourth-order valence-corrected chi connectivity index (χ4v) is 3.23. The maximum Gasteiger partial charge on any atom is 0.501 e. The SMILES string of the molecule is [C-]#[N+]c1cc(F)cc(Oc2ccc(S(=O)(=O)C(F)(F)F)c(CO)c2C)c1. The Hall–Kier alpha value is -2.64. The van der Waals surface area contributed by atoms with Gasteiger partial charge in [-0.15, -0.1) is 0 Å². The van der Waals surface area contributed by atoms with E-state index in [9.17, 15) is 31.1 Å². The molecule has 0 fully saturated rings. The Bertz CT molecular complexity index is 995. The van der Waals surface area contributed by atoms with Gasteiger partial charge in [-0.2, -0.15) is 13.2 Å². The molecule has 2 aromatic carbocycles. The Kier molecular flexibility index (Phi) is 5.25. The predicted molar refractivity (Wildman–Crippen MR) is 83.1 cm³/mol. The van der Waals surface area contributed by atoms with Crippen molar-refractivity contribution in [1.29, 1.82) is 0 Å². The van der Waals surface area contributed by atoms with Crippen LogP contribution in [-0.4, -0.2) is 19.0 Å². The maximum absolute atomic E-state index is 13.4. The number of benzene rings is 2. The summed E-state index contributed by atoms with van der Waals surface area (Å²) < 4.78 is 80.4. The van der Waals surface area contributed by atoms with Crippen molar-refractivity contribution < 1.29 is 35.8 Å². The monoisotopic (exact) mass is 389 g/mol. The van der Waals surface area contributed by atoms with Gasteiger partial charge in [-0.05, 0) is 36.8 Å². The highest BCUT2D eigenvalue weighted by molar-refractivity contribution is 7.92. The lowest BCUT2D eigenvalue weighted by atomic mass is 10.1. The van der Waals surface area contributed by atoms with Crippen LogP contribution in [0.1, 0.15) is 11.1 Å². The second-order valence-electron chi connectivity index (χ2n) is 5.13. The molecule has 10 heteroatoms. The minimum absolute atomic E-state index is 0.0590. The van der Waals surface area contributed by atoms with Gasteiger partial charge in [0.05, 0.1) is 18.1 Å². The van der Waals surface area contributed by atoms with Crippen LogP contribution >= 0.6 is 0 Å². The van der Waals surface area contributed by atoms with Gasteiger partial charge in [0.1, 0.15) is 17.3 Å². The molecule has 0 saturated carbocycles. The first kappa shape index (κ1) is 19.7. The first-order valence-electron chi connectivity index (χ1n) is 6.92. The molecule has 0 aliphatic carbocycles. The lowest BCUT2D eigenvalue weighted by Crippen LogP contribution is -2.24. The molecule has 0 radical (unpaired) electrons. The molecule has 0 aromatic heterocycles. The molecule has 0 aliphatic heterocycles. The van der Waals surface area contributed by atoms with E-state index in [1.54, 1.807) is 0 Å². The van der Waals surface area contributed by atoms with Crippen molar-refractivity contribution in [2.75, 3.05) is 0 Å². The Morgan fingerprint density at radius 1 is 1.23 bits per heavy atom. The van der Waals surface area contributed by atoms with E-state index in [-0.39, 0.29) is 22.7 Å². The van der Waals surface area contributed by atoms with E-state index in [2.05, 4.69) is 4.85 Å². The van der Waals surface area contributed by atoms with Crippen LogP contribution in [0.5, 0.6) is 11.5 Å². The molecule has 2 aromatic rings. The molecular weight excluding hydrogens is 378 g/mol. The third-order valence-corrected chi connectivity index (χ3v) is 5.04. The molecule has 0 amide bonds. The normalized spacial score (nSPS) is 11.9. The standard InChI is InChI=1S/C16H11F4NO4S/c1-9-13(8-22)15(26(23,24)16(18,19)20)4-3-14(9)25-12-6-10(17)5-11(7-12)21-2/h3-7,22H,8H2,1H3. The second-order valence-corrected chi connectivity index (χ2v) is 7.04. The summed E-state index contributed by atoms with van der Waals surface area (Å²) >= 11 is 0. The van der Waals surface area contributed by atoms with Crippen molar-refractivity contribution in [2.45, 2.75) is 23.9 Å². The number of hydrogen-bond donors (Lipinski definition) is 1. The lowest BCUT2D eigenvalue weighted by Gasteiger charge is -2.17. The summed E-state index contributed by atoms with van der Waals surface area (Å²) in [5.41, 5.74) is -6.14. The molecule has 0 saturated heterocycles. The van der Waals surface area contributed by atoms with Crippen LogP contribution < -0.4 is 4.74 Å². The Labute approximate surface area is 146 Å². The summed E-state index contributed by atoms with van der Waals surface area (Å²) in [6, 6.07) is 4.74. The van der Waals surface area contributed by atoms with Crippen molar-refractivity contribution in [3.05, 3.63) is 58.7 Å². The molecule has 5 nitrogen and oxygen atoms in total. The summed E-state index contributed by atoms with van der Waals surface area (Å²) in [6.07, 6.45) is 0. The van der Waals surface area contributed by atoms with E-state index in [0.717, 1.165) is 18.2 Å². The number of nitrogens with zero attached hydrogens (tertiary/aromatic N) is 1. The number of sulfone groups is 1. The molecule has 138 valence electrons. The Morgan fingerprint density at radius 2 is 1.88 bits per heavy atom. The number of rotatable bonds is 4. The van der Waals surface area contributed by atoms with E-state index < -0.39 is 38.2 Å². The van der Waals surface area contributed by atoms with E-state index in [0.29, 0.717) is 6.07 Å².